The summed E-state index contributed by atoms with van der Waals surface area (Å²) in [6.45, 7) is 8.27. The van der Waals surface area contributed by atoms with Gasteiger partial charge in [0.15, 0.2) is 5.78 Å². The quantitative estimate of drug-likeness (QED) is 0.324. The van der Waals surface area contributed by atoms with E-state index in [1.54, 1.807) is 11.3 Å². The zero-order chi connectivity index (χ0) is 18.0. The molecule has 0 radical (unpaired) electrons. The lowest BCUT2D eigenvalue weighted by Gasteiger charge is -2.06. The third kappa shape index (κ3) is 3.93. The Morgan fingerprint density at radius 3 is 2.52 bits per heavy atom. The Morgan fingerprint density at radius 2 is 1.84 bits per heavy atom. The van der Waals surface area contributed by atoms with Crippen molar-refractivity contribution in [2.45, 2.75) is 45.6 Å². The summed E-state index contributed by atoms with van der Waals surface area (Å²) in [5.41, 5.74) is 3.27. The summed E-state index contributed by atoms with van der Waals surface area (Å²) in [6, 6.07) is 7.99. The van der Waals surface area contributed by atoms with E-state index in [9.17, 15) is 4.79 Å². The van der Waals surface area contributed by atoms with Gasteiger partial charge in [0.25, 0.3) is 0 Å². The molecule has 0 aliphatic rings. The zero-order valence-corrected chi connectivity index (χ0v) is 16.7. The van der Waals surface area contributed by atoms with Crippen LogP contribution in [0.4, 0.5) is 0 Å². The maximum atomic E-state index is 12.5. The van der Waals surface area contributed by atoms with Crippen LogP contribution in [-0.4, -0.2) is 21.5 Å². The normalized spacial score (nSPS) is 11.2. The standard InChI is InChI=1S/C20H22N2OS2/c1-5-6-15-7-9-16(10-8-15)17(23)11-24-19-18-12(2)13(3)25-20(18)22-14(4)21-19/h7-10H,5-6,11H2,1-4H3. The molecule has 3 rings (SSSR count). The number of hydrogen-bond acceptors (Lipinski definition) is 5. The summed E-state index contributed by atoms with van der Waals surface area (Å²) in [6.07, 6.45) is 2.17. The van der Waals surface area contributed by atoms with E-state index in [2.05, 4.69) is 42.9 Å². The van der Waals surface area contributed by atoms with Gasteiger partial charge in [-0.05, 0) is 38.3 Å². The monoisotopic (exact) mass is 370 g/mol. The van der Waals surface area contributed by atoms with Crippen LogP contribution in [0.1, 0.15) is 45.5 Å². The SMILES string of the molecule is CCCc1ccc(C(=O)CSc2nc(C)nc3sc(C)c(C)c23)cc1. The lowest BCUT2D eigenvalue weighted by molar-refractivity contribution is 0.102. The number of aryl methyl sites for hydroxylation is 4. The fourth-order valence-corrected chi connectivity index (χ4v) is 4.95. The predicted molar refractivity (Wildman–Crippen MR) is 107 cm³/mol. The Morgan fingerprint density at radius 1 is 1.12 bits per heavy atom. The van der Waals surface area contributed by atoms with Crippen LogP contribution in [0.15, 0.2) is 29.3 Å². The Hall–Kier alpha value is -1.72. The number of thioether (sulfide) groups is 1. The Bertz CT molecular complexity index is 914. The summed E-state index contributed by atoms with van der Waals surface area (Å²) < 4.78 is 0. The van der Waals surface area contributed by atoms with Crippen LogP contribution in [0.2, 0.25) is 0 Å². The van der Waals surface area contributed by atoms with Gasteiger partial charge in [-0.25, -0.2) is 9.97 Å². The molecule has 2 heterocycles. The van der Waals surface area contributed by atoms with Gasteiger partial charge in [-0.3, -0.25) is 4.79 Å². The molecule has 3 aromatic rings. The summed E-state index contributed by atoms with van der Waals surface area (Å²) in [5.74, 6) is 1.29. The van der Waals surface area contributed by atoms with Crippen molar-refractivity contribution in [2.75, 3.05) is 5.75 Å². The number of carbonyl (C=O) groups excluding carboxylic acids is 1. The minimum atomic E-state index is 0.141. The highest BCUT2D eigenvalue weighted by molar-refractivity contribution is 8.00. The van der Waals surface area contributed by atoms with Crippen molar-refractivity contribution in [2.24, 2.45) is 0 Å². The maximum Gasteiger partial charge on any atom is 0.173 e. The average molecular weight is 371 g/mol. The maximum absolute atomic E-state index is 12.5. The third-order valence-electron chi connectivity index (χ3n) is 4.26. The molecule has 3 nitrogen and oxygen atoms in total. The van der Waals surface area contributed by atoms with E-state index in [4.69, 9.17) is 0 Å². The molecule has 0 saturated heterocycles. The molecule has 0 N–H and O–H groups in total. The van der Waals surface area contributed by atoms with Crippen molar-refractivity contribution in [3.63, 3.8) is 0 Å². The molecule has 130 valence electrons. The van der Waals surface area contributed by atoms with E-state index in [1.807, 2.05) is 19.1 Å². The van der Waals surface area contributed by atoms with Crippen molar-refractivity contribution in [3.05, 3.63) is 51.7 Å². The van der Waals surface area contributed by atoms with Crippen molar-refractivity contribution < 1.29 is 4.79 Å². The first kappa shape index (κ1) is 18.1. The Kier molecular flexibility index (Phi) is 5.54. The minimum Gasteiger partial charge on any atom is -0.293 e. The van der Waals surface area contributed by atoms with Crippen LogP contribution in [0.5, 0.6) is 0 Å². The van der Waals surface area contributed by atoms with Crippen LogP contribution in [0, 0.1) is 20.8 Å². The predicted octanol–water partition coefficient (Wildman–Crippen LogP) is 5.54. The molecule has 2 aromatic heterocycles. The van der Waals surface area contributed by atoms with Gasteiger partial charge in [0.05, 0.1) is 5.75 Å². The van der Waals surface area contributed by atoms with E-state index in [0.29, 0.717) is 5.75 Å². The van der Waals surface area contributed by atoms with Gasteiger partial charge in [0.2, 0.25) is 0 Å². The van der Waals surface area contributed by atoms with Crippen LogP contribution < -0.4 is 0 Å². The van der Waals surface area contributed by atoms with Gasteiger partial charge in [0, 0.05) is 15.8 Å². The highest BCUT2D eigenvalue weighted by Crippen LogP contribution is 2.35. The highest BCUT2D eigenvalue weighted by atomic mass is 32.2. The third-order valence-corrected chi connectivity index (χ3v) is 6.34. The summed E-state index contributed by atoms with van der Waals surface area (Å²) >= 11 is 3.21. The molecule has 0 unspecified atom stereocenters. The molecular weight excluding hydrogens is 348 g/mol. The van der Waals surface area contributed by atoms with Crippen molar-refractivity contribution in [1.29, 1.82) is 0 Å². The fraction of sp³-hybridized carbons (Fsp3) is 0.350. The largest absolute Gasteiger partial charge is 0.293 e. The van der Waals surface area contributed by atoms with Gasteiger partial charge < -0.3 is 0 Å². The summed E-state index contributed by atoms with van der Waals surface area (Å²) in [5, 5.41) is 2.02. The number of ketones is 1. The number of nitrogens with zero attached hydrogens (tertiary/aromatic N) is 2. The Labute approximate surface area is 156 Å². The number of aromatic nitrogens is 2. The first-order valence-electron chi connectivity index (χ1n) is 8.49. The molecule has 0 spiro atoms. The first-order valence-corrected chi connectivity index (χ1v) is 10.3. The number of Topliss-reactive ketones (excluding diaryl/α,β-unsaturated/α-hetero) is 1. The van der Waals surface area contributed by atoms with Crippen LogP contribution in [-0.2, 0) is 6.42 Å². The minimum absolute atomic E-state index is 0.141. The van der Waals surface area contributed by atoms with E-state index >= 15 is 0 Å². The molecule has 0 bridgehead atoms. The van der Waals surface area contributed by atoms with Crippen molar-refractivity contribution in [3.8, 4) is 0 Å². The molecule has 5 heteroatoms. The van der Waals surface area contributed by atoms with E-state index in [-0.39, 0.29) is 5.78 Å². The van der Waals surface area contributed by atoms with Crippen LogP contribution in [0.3, 0.4) is 0 Å². The molecule has 25 heavy (non-hydrogen) atoms. The van der Waals surface area contributed by atoms with E-state index < -0.39 is 0 Å². The first-order chi connectivity index (χ1) is 12.0. The van der Waals surface area contributed by atoms with Gasteiger partial charge >= 0.3 is 0 Å². The molecule has 0 aliphatic heterocycles. The van der Waals surface area contributed by atoms with Gasteiger partial charge in [0.1, 0.15) is 15.7 Å². The number of rotatable bonds is 6. The lowest BCUT2D eigenvalue weighted by Crippen LogP contribution is -2.03. The molecule has 0 fully saturated rings. The van der Waals surface area contributed by atoms with Gasteiger partial charge in [-0.2, -0.15) is 0 Å². The number of benzene rings is 1. The number of hydrogen-bond donors (Lipinski definition) is 0. The second-order valence-electron chi connectivity index (χ2n) is 6.20. The number of carbonyl (C=O) groups is 1. The Balaban J connectivity index is 1.79. The van der Waals surface area contributed by atoms with Crippen LogP contribution >= 0.6 is 23.1 Å². The number of thiophene rings is 1. The summed E-state index contributed by atoms with van der Waals surface area (Å²) in [4.78, 5) is 23.9. The summed E-state index contributed by atoms with van der Waals surface area (Å²) in [7, 11) is 0. The molecule has 1 aromatic carbocycles. The fourth-order valence-electron chi connectivity index (χ4n) is 2.78. The molecule has 0 aliphatic carbocycles. The molecule has 0 atom stereocenters. The smallest absolute Gasteiger partial charge is 0.173 e. The highest BCUT2D eigenvalue weighted by Gasteiger charge is 2.15. The van der Waals surface area contributed by atoms with E-state index in [1.165, 1.54) is 27.8 Å². The topological polar surface area (TPSA) is 42.9 Å². The second-order valence-corrected chi connectivity index (χ2v) is 8.37. The lowest BCUT2D eigenvalue weighted by atomic mass is 10.1. The van der Waals surface area contributed by atoms with Crippen molar-refractivity contribution in [1.82, 2.24) is 9.97 Å². The second kappa shape index (κ2) is 7.67. The van der Waals surface area contributed by atoms with Gasteiger partial charge in [-0.1, -0.05) is 49.4 Å². The van der Waals surface area contributed by atoms with Crippen molar-refractivity contribution >= 4 is 39.1 Å². The van der Waals surface area contributed by atoms with Gasteiger partial charge in [-0.15, -0.1) is 11.3 Å². The zero-order valence-electron chi connectivity index (χ0n) is 15.0. The molecule has 0 saturated carbocycles. The molecular formula is C20H22N2OS2. The average Bonchev–Trinajstić information content (AvgIpc) is 2.87. The number of fused-ring (bicyclic) bond motifs is 1. The molecule has 0 amide bonds. The van der Waals surface area contributed by atoms with Crippen LogP contribution in [0.25, 0.3) is 10.2 Å². The van der Waals surface area contributed by atoms with E-state index in [0.717, 1.165) is 39.5 Å².